The van der Waals surface area contributed by atoms with Crippen molar-refractivity contribution in [2.24, 2.45) is 11.7 Å². The molecule has 0 aromatic heterocycles. The number of nitrogens with one attached hydrogen (secondary N) is 2. The minimum absolute atomic E-state index is 0.0468. The van der Waals surface area contributed by atoms with Gasteiger partial charge in [0.2, 0.25) is 5.91 Å². The molecule has 2 aromatic rings. The van der Waals surface area contributed by atoms with Crippen LogP contribution in [0.1, 0.15) is 37.3 Å². The Morgan fingerprint density at radius 2 is 1.76 bits per heavy atom. The first-order valence-electron chi connectivity index (χ1n) is 17.3. The fraction of sp³-hybridized carbons (Fsp3) is 0.629. The van der Waals surface area contributed by atoms with E-state index in [0.717, 1.165) is 89.6 Å². The molecule has 0 bridgehead atoms. The van der Waals surface area contributed by atoms with Crippen molar-refractivity contribution >= 4 is 23.2 Å². The zero-order valence-corrected chi connectivity index (χ0v) is 28.2. The van der Waals surface area contributed by atoms with Gasteiger partial charge in [-0.3, -0.25) is 9.69 Å². The highest BCUT2D eigenvalue weighted by Crippen LogP contribution is 2.26. The van der Waals surface area contributed by atoms with Crippen molar-refractivity contribution in [3.05, 3.63) is 58.4 Å². The lowest BCUT2D eigenvalue weighted by molar-refractivity contribution is -0.136. The maximum atomic E-state index is 14.6. The second-order valence-electron chi connectivity index (χ2n) is 12.9. The fourth-order valence-corrected chi connectivity index (χ4v) is 7.16. The molecule has 3 heterocycles. The summed E-state index contributed by atoms with van der Waals surface area (Å²) < 4.78 is 20.2. The Morgan fingerprint density at radius 3 is 2.50 bits per heavy atom. The number of nitrogens with zero attached hydrogens (tertiary/aromatic N) is 4. The zero-order valence-electron chi connectivity index (χ0n) is 27.5. The van der Waals surface area contributed by atoms with Gasteiger partial charge in [-0.25, -0.2) is 4.39 Å². The van der Waals surface area contributed by atoms with Crippen molar-refractivity contribution in [2.45, 2.75) is 45.2 Å². The van der Waals surface area contributed by atoms with Crippen LogP contribution in [0, 0.1) is 11.7 Å². The van der Waals surface area contributed by atoms with Gasteiger partial charge >= 0.3 is 0 Å². The van der Waals surface area contributed by atoms with Crippen molar-refractivity contribution in [3.8, 4) is 5.75 Å². The molecule has 3 fully saturated rings. The Kier molecular flexibility index (Phi) is 13.3. The molecule has 3 aliphatic heterocycles. The van der Waals surface area contributed by atoms with Crippen molar-refractivity contribution < 1.29 is 13.9 Å². The van der Waals surface area contributed by atoms with Gasteiger partial charge < -0.3 is 35.8 Å². The van der Waals surface area contributed by atoms with Crippen LogP contribution in [0.25, 0.3) is 0 Å². The van der Waals surface area contributed by atoms with Crippen molar-refractivity contribution in [3.63, 3.8) is 0 Å². The number of piperazine rings is 2. The zero-order chi connectivity index (χ0) is 32.3. The molecule has 0 saturated carbocycles. The Hall–Kier alpha value is -2.47. The highest BCUT2D eigenvalue weighted by atomic mass is 35.5. The average Bonchev–Trinajstić information content (AvgIpc) is 3.08. The summed E-state index contributed by atoms with van der Waals surface area (Å²) in [6.45, 7) is 14.8. The highest BCUT2D eigenvalue weighted by molar-refractivity contribution is 6.30. The average molecular weight is 658 g/mol. The summed E-state index contributed by atoms with van der Waals surface area (Å²) in [5, 5.41) is 7.84. The van der Waals surface area contributed by atoms with E-state index in [4.69, 9.17) is 22.1 Å². The minimum Gasteiger partial charge on any atom is -0.493 e. The number of halogens is 2. The highest BCUT2D eigenvalue weighted by Gasteiger charge is 2.33. The lowest BCUT2D eigenvalue weighted by Crippen LogP contribution is -2.55. The number of carbonyl (C=O) groups excluding carboxylic acids is 1. The molecular formula is C35H53ClFN7O2. The molecule has 0 aliphatic carbocycles. The smallest absolute Gasteiger partial charge is 0.239 e. The van der Waals surface area contributed by atoms with E-state index in [9.17, 15) is 9.18 Å². The summed E-state index contributed by atoms with van der Waals surface area (Å²) in [6.07, 6.45) is 3.90. The molecule has 1 atom stereocenters. The summed E-state index contributed by atoms with van der Waals surface area (Å²) in [5.74, 6) is 0.578. The van der Waals surface area contributed by atoms with E-state index in [1.54, 1.807) is 6.07 Å². The van der Waals surface area contributed by atoms with Crippen molar-refractivity contribution in [1.82, 2.24) is 24.9 Å². The number of piperidine rings is 1. The SMILES string of the molecule is CCOc1cccc(F)c1CN1CCN(C(=O)[C@H](N)C2CCN(CCc3cc(Cl)ccc3NCCCN3CCNCC3)CC2)CC1. The molecule has 46 heavy (non-hydrogen) atoms. The van der Waals surface area contributed by atoms with Gasteiger partial charge in [0.25, 0.3) is 0 Å². The molecule has 0 unspecified atom stereocenters. The van der Waals surface area contributed by atoms with Gasteiger partial charge in [-0.05, 0) is 94.1 Å². The maximum Gasteiger partial charge on any atom is 0.239 e. The van der Waals surface area contributed by atoms with Gasteiger partial charge in [-0.1, -0.05) is 17.7 Å². The van der Waals surface area contributed by atoms with Gasteiger partial charge in [0.15, 0.2) is 0 Å². The number of ether oxygens (including phenoxy) is 1. The molecule has 1 amide bonds. The third-order valence-electron chi connectivity index (χ3n) is 9.81. The molecule has 3 aliphatic rings. The summed E-state index contributed by atoms with van der Waals surface area (Å²) >= 11 is 6.39. The molecule has 0 radical (unpaired) electrons. The van der Waals surface area contributed by atoms with E-state index in [-0.39, 0.29) is 17.6 Å². The summed E-state index contributed by atoms with van der Waals surface area (Å²) in [4.78, 5) is 22.5. The van der Waals surface area contributed by atoms with Crippen LogP contribution in [-0.4, -0.2) is 123 Å². The molecule has 254 valence electrons. The van der Waals surface area contributed by atoms with Gasteiger partial charge in [0, 0.05) is 88.3 Å². The van der Waals surface area contributed by atoms with Crippen LogP contribution in [0.5, 0.6) is 5.75 Å². The molecule has 5 rings (SSSR count). The van der Waals surface area contributed by atoms with Gasteiger partial charge in [-0.15, -0.1) is 0 Å². The first-order chi connectivity index (χ1) is 22.4. The molecular weight excluding hydrogens is 605 g/mol. The lowest BCUT2D eigenvalue weighted by Gasteiger charge is -2.39. The van der Waals surface area contributed by atoms with Crippen LogP contribution in [0.15, 0.2) is 36.4 Å². The van der Waals surface area contributed by atoms with E-state index < -0.39 is 6.04 Å². The minimum atomic E-state index is -0.477. The molecule has 3 saturated heterocycles. The van der Waals surface area contributed by atoms with Crippen LogP contribution < -0.4 is 21.1 Å². The monoisotopic (exact) mass is 657 g/mol. The Morgan fingerprint density at radius 1 is 1.02 bits per heavy atom. The molecule has 2 aromatic carbocycles. The van der Waals surface area contributed by atoms with E-state index >= 15 is 0 Å². The largest absolute Gasteiger partial charge is 0.493 e. The van der Waals surface area contributed by atoms with E-state index in [1.807, 2.05) is 24.0 Å². The standard InChI is InChI=1S/C35H53ClFN7O2/c1-2-46-33-6-3-5-31(37)30(33)26-43-21-23-44(24-22-43)35(45)34(38)27-9-16-42(17-10-27)18-11-28-25-29(36)7-8-32(28)40-12-4-15-41-19-13-39-14-20-41/h3,5-8,25,27,34,39-40H,2,4,9-24,26,38H2,1H3/t34-/m1/s1. The summed E-state index contributed by atoms with van der Waals surface area (Å²) in [7, 11) is 0. The number of hydrogen-bond donors (Lipinski definition) is 3. The number of rotatable bonds is 14. The number of amides is 1. The first-order valence-corrected chi connectivity index (χ1v) is 17.6. The quantitative estimate of drug-likeness (QED) is 0.266. The van der Waals surface area contributed by atoms with E-state index in [2.05, 4.69) is 37.5 Å². The van der Waals surface area contributed by atoms with Crippen LogP contribution in [0.2, 0.25) is 5.02 Å². The molecule has 9 nitrogen and oxygen atoms in total. The second-order valence-corrected chi connectivity index (χ2v) is 13.3. The number of nitrogens with two attached hydrogens (primary N) is 1. The van der Waals surface area contributed by atoms with Gasteiger partial charge in [0.1, 0.15) is 11.6 Å². The summed E-state index contributed by atoms with van der Waals surface area (Å²) in [6, 6.07) is 10.7. The van der Waals surface area contributed by atoms with Gasteiger partial charge in [-0.2, -0.15) is 0 Å². The number of likely N-dealkylation sites (tertiary alicyclic amines) is 1. The van der Waals surface area contributed by atoms with Crippen LogP contribution in [-0.2, 0) is 17.8 Å². The van der Waals surface area contributed by atoms with E-state index in [1.165, 1.54) is 17.3 Å². The van der Waals surface area contributed by atoms with Crippen molar-refractivity contribution in [2.75, 3.05) is 97.0 Å². The molecule has 11 heteroatoms. The summed E-state index contributed by atoms with van der Waals surface area (Å²) in [5.41, 5.74) is 9.60. The van der Waals surface area contributed by atoms with Crippen LogP contribution >= 0.6 is 11.6 Å². The maximum absolute atomic E-state index is 14.6. The lowest BCUT2D eigenvalue weighted by atomic mass is 9.88. The second kappa shape index (κ2) is 17.6. The van der Waals surface area contributed by atoms with Crippen LogP contribution in [0.4, 0.5) is 10.1 Å². The number of hydrogen-bond acceptors (Lipinski definition) is 8. The number of carbonyl (C=O) groups is 1. The third-order valence-corrected chi connectivity index (χ3v) is 10.0. The Balaban J connectivity index is 1.02. The Bertz CT molecular complexity index is 1250. The molecule has 4 N–H and O–H groups in total. The predicted octanol–water partition coefficient (Wildman–Crippen LogP) is 3.51. The van der Waals surface area contributed by atoms with E-state index in [0.29, 0.717) is 50.6 Å². The normalized spacial score (nSPS) is 19.7. The first kappa shape index (κ1) is 34.9. The predicted molar refractivity (Wildman–Crippen MR) is 184 cm³/mol. The topological polar surface area (TPSA) is 89.3 Å². The Labute approximate surface area is 279 Å². The third kappa shape index (κ3) is 9.78. The fourth-order valence-electron chi connectivity index (χ4n) is 6.96. The number of benzene rings is 2. The number of anilines is 1. The van der Waals surface area contributed by atoms with Crippen molar-refractivity contribution in [1.29, 1.82) is 0 Å². The van der Waals surface area contributed by atoms with Crippen LogP contribution in [0.3, 0.4) is 0 Å². The molecule has 0 spiro atoms. The van der Waals surface area contributed by atoms with Gasteiger partial charge in [0.05, 0.1) is 12.6 Å².